The Kier molecular flexibility index (Phi) is 3.80. The molecule has 0 N–H and O–H groups in total. The van der Waals surface area contributed by atoms with Crippen molar-refractivity contribution in [3.63, 3.8) is 0 Å². The highest BCUT2D eigenvalue weighted by Gasteiger charge is 2.51. The lowest BCUT2D eigenvalue weighted by atomic mass is 9.77. The minimum absolute atomic E-state index is 0.181. The van der Waals surface area contributed by atoms with Crippen molar-refractivity contribution in [2.75, 3.05) is 0 Å². The summed E-state index contributed by atoms with van der Waals surface area (Å²) in [6.45, 7) is 0. The maximum absolute atomic E-state index is 12.0. The van der Waals surface area contributed by atoms with Crippen LogP contribution in [0.4, 0.5) is 0 Å². The highest BCUT2D eigenvalue weighted by molar-refractivity contribution is 9.10. The zero-order valence-electron chi connectivity index (χ0n) is 9.89. The number of nitrogens with zero attached hydrogens (tertiary/aromatic N) is 1. The van der Waals surface area contributed by atoms with Crippen LogP contribution in [0.5, 0.6) is 0 Å². The van der Waals surface area contributed by atoms with Crippen LogP contribution in [0, 0.1) is 10.1 Å². The Morgan fingerprint density at radius 1 is 1.33 bits per heavy atom. The Balaban J connectivity index is 2.35. The molecular formula is C13H14BrNO3. The standard InChI is InChI=1S/C13H14BrNO3/c14-11-6-2-1-5-10(11)9-13(15(17)18)8-4-3-7-12(13)16/h1-2,5-6H,3-4,7-9H2. The van der Waals surface area contributed by atoms with E-state index in [1.807, 2.05) is 24.3 Å². The first kappa shape index (κ1) is 13.2. The topological polar surface area (TPSA) is 60.2 Å². The van der Waals surface area contributed by atoms with Gasteiger partial charge in [0.15, 0.2) is 0 Å². The highest BCUT2D eigenvalue weighted by Crippen LogP contribution is 2.33. The normalized spacial score (nSPS) is 23.9. The molecule has 1 saturated carbocycles. The molecule has 0 bridgehead atoms. The molecule has 1 fully saturated rings. The average Bonchev–Trinajstić information content (AvgIpc) is 2.34. The molecule has 5 heteroatoms. The van der Waals surface area contributed by atoms with Crippen molar-refractivity contribution in [1.82, 2.24) is 0 Å². The van der Waals surface area contributed by atoms with Crippen LogP contribution in [0.2, 0.25) is 0 Å². The van der Waals surface area contributed by atoms with Crippen LogP contribution in [0.25, 0.3) is 0 Å². The summed E-state index contributed by atoms with van der Waals surface area (Å²) in [4.78, 5) is 23.0. The molecular weight excluding hydrogens is 298 g/mol. The Hall–Kier alpha value is -1.23. The van der Waals surface area contributed by atoms with E-state index in [9.17, 15) is 14.9 Å². The van der Waals surface area contributed by atoms with Gasteiger partial charge in [-0.3, -0.25) is 14.9 Å². The van der Waals surface area contributed by atoms with Crippen molar-refractivity contribution in [2.45, 2.75) is 37.6 Å². The first-order valence-corrected chi connectivity index (χ1v) is 6.77. The second kappa shape index (κ2) is 5.18. The van der Waals surface area contributed by atoms with Crippen LogP contribution < -0.4 is 0 Å². The van der Waals surface area contributed by atoms with Gasteiger partial charge in [-0.25, -0.2) is 0 Å². The van der Waals surface area contributed by atoms with Gasteiger partial charge in [0.2, 0.25) is 5.78 Å². The fraction of sp³-hybridized carbons (Fsp3) is 0.462. The van der Waals surface area contributed by atoms with Crippen molar-refractivity contribution in [1.29, 1.82) is 0 Å². The fourth-order valence-electron chi connectivity index (χ4n) is 2.48. The summed E-state index contributed by atoms with van der Waals surface area (Å²) in [5, 5.41) is 11.4. The van der Waals surface area contributed by atoms with Gasteiger partial charge in [0, 0.05) is 22.2 Å². The summed E-state index contributed by atoms with van der Waals surface area (Å²) in [7, 11) is 0. The summed E-state index contributed by atoms with van der Waals surface area (Å²) in [5.41, 5.74) is -0.591. The molecule has 0 spiro atoms. The molecule has 0 aliphatic heterocycles. The molecule has 2 rings (SSSR count). The first-order chi connectivity index (χ1) is 8.56. The minimum Gasteiger partial charge on any atom is -0.292 e. The van der Waals surface area contributed by atoms with Gasteiger partial charge in [-0.15, -0.1) is 0 Å². The van der Waals surface area contributed by atoms with Crippen LogP contribution in [0.3, 0.4) is 0 Å². The van der Waals surface area contributed by atoms with Crippen LogP contribution in [-0.2, 0) is 11.2 Å². The Morgan fingerprint density at radius 2 is 2.06 bits per heavy atom. The summed E-state index contributed by atoms with van der Waals surface area (Å²) in [6.07, 6.45) is 2.37. The van der Waals surface area contributed by atoms with Crippen molar-refractivity contribution in [3.8, 4) is 0 Å². The lowest BCUT2D eigenvalue weighted by molar-refractivity contribution is -0.554. The molecule has 96 valence electrons. The summed E-state index contributed by atoms with van der Waals surface area (Å²) in [6, 6.07) is 7.36. The van der Waals surface area contributed by atoms with Crippen LogP contribution in [0.15, 0.2) is 28.7 Å². The number of Topliss-reactive ketones (excluding diaryl/α,β-unsaturated/α-hetero) is 1. The third kappa shape index (κ3) is 2.32. The van der Waals surface area contributed by atoms with Gasteiger partial charge in [0.25, 0.3) is 5.54 Å². The average molecular weight is 312 g/mol. The first-order valence-electron chi connectivity index (χ1n) is 5.97. The van der Waals surface area contributed by atoms with Crippen molar-refractivity contribution in [3.05, 3.63) is 44.4 Å². The minimum atomic E-state index is -1.41. The van der Waals surface area contributed by atoms with E-state index in [4.69, 9.17) is 0 Å². The molecule has 1 aliphatic rings. The lowest BCUT2D eigenvalue weighted by Crippen LogP contribution is -2.50. The zero-order valence-corrected chi connectivity index (χ0v) is 11.5. The van der Waals surface area contributed by atoms with E-state index in [-0.39, 0.29) is 17.1 Å². The number of benzene rings is 1. The van der Waals surface area contributed by atoms with Crippen LogP contribution in [-0.4, -0.2) is 16.2 Å². The van der Waals surface area contributed by atoms with Crippen molar-refractivity contribution >= 4 is 21.7 Å². The second-order valence-corrected chi connectivity index (χ2v) is 5.54. The van der Waals surface area contributed by atoms with E-state index in [0.29, 0.717) is 12.8 Å². The molecule has 0 saturated heterocycles. The van der Waals surface area contributed by atoms with Gasteiger partial charge in [0.05, 0.1) is 6.42 Å². The molecule has 4 nitrogen and oxygen atoms in total. The lowest BCUT2D eigenvalue weighted by Gasteiger charge is -2.27. The van der Waals surface area contributed by atoms with Crippen LogP contribution in [0.1, 0.15) is 31.2 Å². The predicted molar refractivity (Wildman–Crippen MR) is 71.0 cm³/mol. The molecule has 0 aromatic heterocycles. The highest BCUT2D eigenvalue weighted by atomic mass is 79.9. The molecule has 1 aromatic carbocycles. The van der Waals surface area contributed by atoms with E-state index in [0.717, 1.165) is 22.9 Å². The maximum atomic E-state index is 12.0. The van der Waals surface area contributed by atoms with E-state index in [1.165, 1.54) is 0 Å². The number of hydrogen-bond donors (Lipinski definition) is 0. The van der Waals surface area contributed by atoms with Crippen molar-refractivity contribution < 1.29 is 9.72 Å². The summed E-state index contributed by atoms with van der Waals surface area (Å²) in [5.74, 6) is -0.227. The summed E-state index contributed by atoms with van der Waals surface area (Å²) >= 11 is 3.38. The molecule has 0 amide bonds. The number of hydrogen-bond acceptors (Lipinski definition) is 3. The number of nitro groups is 1. The monoisotopic (exact) mass is 311 g/mol. The molecule has 0 heterocycles. The maximum Gasteiger partial charge on any atom is 0.283 e. The van der Waals surface area contributed by atoms with E-state index < -0.39 is 5.54 Å². The predicted octanol–water partition coefficient (Wildman–Crippen LogP) is 3.15. The molecule has 1 unspecified atom stereocenters. The Labute approximate surface area is 114 Å². The Bertz CT molecular complexity index is 489. The number of halogens is 1. The van der Waals surface area contributed by atoms with E-state index in [2.05, 4.69) is 15.9 Å². The van der Waals surface area contributed by atoms with Gasteiger partial charge in [0.1, 0.15) is 0 Å². The zero-order chi connectivity index (χ0) is 13.2. The Morgan fingerprint density at radius 3 is 2.67 bits per heavy atom. The smallest absolute Gasteiger partial charge is 0.283 e. The fourth-order valence-corrected chi connectivity index (χ4v) is 2.90. The van der Waals surface area contributed by atoms with E-state index in [1.54, 1.807) is 0 Å². The van der Waals surface area contributed by atoms with Gasteiger partial charge < -0.3 is 0 Å². The SMILES string of the molecule is O=C1CCCCC1(Cc1ccccc1Br)[N+](=O)[O-]. The number of carbonyl (C=O) groups is 1. The molecule has 18 heavy (non-hydrogen) atoms. The molecule has 0 radical (unpaired) electrons. The molecule has 1 atom stereocenters. The van der Waals surface area contributed by atoms with Gasteiger partial charge in [-0.2, -0.15) is 0 Å². The second-order valence-electron chi connectivity index (χ2n) is 4.69. The summed E-state index contributed by atoms with van der Waals surface area (Å²) < 4.78 is 0.824. The van der Waals surface area contributed by atoms with Gasteiger partial charge in [-0.05, 0) is 24.5 Å². The number of ketones is 1. The third-order valence-corrected chi connectivity index (χ3v) is 4.33. The number of rotatable bonds is 3. The molecule has 1 aliphatic carbocycles. The van der Waals surface area contributed by atoms with Crippen LogP contribution >= 0.6 is 15.9 Å². The third-order valence-electron chi connectivity index (χ3n) is 3.55. The molecule has 1 aromatic rings. The number of carbonyl (C=O) groups excluding carboxylic acids is 1. The van der Waals surface area contributed by atoms with Crippen molar-refractivity contribution in [2.24, 2.45) is 0 Å². The largest absolute Gasteiger partial charge is 0.292 e. The van der Waals surface area contributed by atoms with Gasteiger partial charge >= 0.3 is 0 Å². The quantitative estimate of drug-likeness (QED) is 0.636. The van der Waals surface area contributed by atoms with Gasteiger partial charge in [-0.1, -0.05) is 34.1 Å². The van der Waals surface area contributed by atoms with E-state index >= 15 is 0 Å².